The van der Waals surface area contributed by atoms with Crippen molar-refractivity contribution in [2.24, 2.45) is 5.41 Å². The summed E-state index contributed by atoms with van der Waals surface area (Å²) in [4.78, 5) is 0. The van der Waals surface area contributed by atoms with Gasteiger partial charge in [-0.05, 0) is 23.3 Å². The SMILES string of the molecule is CC1(C)CCSC1. The molecule has 0 nitrogen and oxygen atoms in total. The van der Waals surface area contributed by atoms with Crippen LogP contribution in [0.25, 0.3) is 0 Å². The maximum absolute atomic E-state index is 2.34. The van der Waals surface area contributed by atoms with Crippen molar-refractivity contribution >= 4 is 11.8 Å². The molecule has 1 rings (SSSR count). The van der Waals surface area contributed by atoms with Crippen LogP contribution in [0.2, 0.25) is 0 Å². The zero-order chi connectivity index (χ0) is 5.33. The van der Waals surface area contributed by atoms with Crippen LogP contribution in [0.5, 0.6) is 0 Å². The van der Waals surface area contributed by atoms with E-state index in [-0.39, 0.29) is 0 Å². The first kappa shape index (κ1) is 5.49. The first-order chi connectivity index (χ1) is 3.21. The lowest BCUT2D eigenvalue weighted by Gasteiger charge is -2.12. The maximum atomic E-state index is 2.34. The van der Waals surface area contributed by atoms with Crippen LogP contribution in [-0.4, -0.2) is 11.5 Å². The van der Waals surface area contributed by atoms with Gasteiger partial charge in [-0.2, -0.15) is 11.8 Å². The molecule has 1 heteroatoms. The number of hydrogen-bond donors (Lipinski definition) is 0. The molecule has 1 aliphatic rings. The first-order valence-electron chi connectivity index (χ1n) is 2.78. The van der Waals surface area contributed by atoms with Gasteiger partial charge in [0.1, 0.15) is 0 Å². The van der Waals surface area contributed by atoms with Gasteiger partial charge in [-0.1, -0.05) is 13.8 Å². The molecule has 1 aliphatic heterocycles. The van der Waals surface area contributed by atoms with E-state index in [1.807, 2.05) is 0 Å². The molecule has 0 atom stereocenters. The molecule has 1 heterocycles. The topological polar surface area (TPSA) is 0 Å². The summed E-state index contributed by atoms with van der Waals surface area (Å²) in [5, 5.41) is 0. The maximum Gasteiger partial charge on any atom is -0.00158 e. The zero-order valence-electron chi connectivity index (χ0n) is 5.03. The minimum absolute atomic E-state index is 0.657. The van der Waals surface area contributed by atoms with Crippen molar-refractivity contribution in [2.75, 3.05) is 11.5 Å². The van der Waals surface area contributed by atoms with Crippen molar-refractivity contribution in [3.05, 3.63) is 0 Å². The first-order valence-corrected chi connectivity index (χ1v) is 3.94. The minimum atomic E-state index is 0.657. The molecular formula is C6H12S. The van der Waals surface area contributed by atoms with E-state index in [0.29, 0.717) is 5.41 Å². The van der Waals surface area contributed by atoms with Crippen molar-refractivity contribution < 1.29 is 0 Å². The molecule has 0 saturated carbocycles. The van der Waals surface area contributed by atoms with Gasteiger partial charge >= 0.3 is 0 Å². The quantitative estimate of drug-likeness (QED) is 0.467. The third kappa shape index (κ3) is 1.37. The lowest BCUT2D eigenvalue weighted by Crippen LogP contribution is -2.07. The highest BCUT2D eigenvalue weighted by atomic mass is 32.2. The molecule has 0 unspecified atom stereocenters. The Labute approximate surface area is 49.7 Å². The number of thioether (sulfide) groups is 1. The Balaban J connectivity index is 2.40. The highest BCUT2D eigenvalue weighted by Gasteiger charge is 2.22. The molecule has 0 aromatic carbocycles. The van der Waals surface area contributed by atoms with E-state index in [4.69, 9.17) is 0 Å². The molecule has 42 valence electrons. The van der Waals surface area contributed by atoms with Gasteiger partial charge in [0.15, 0.2) is 0 Å². The average molecular weight is 116 g/mol. The van der Waals surface area contributed by atoms with E-state index in [0.717, 1.165) is 0 Å². The fourth-order valence-electron chi connectivity index (χ4n) is 0.769. The lowest BCUT2D eigenvalue weighted by molar-refractivity contribution is 0.429. The Kier molecular flexibility index (Phi) is 1.33. The Bertz CT molecular complexity index is 58.6. The summed E-state index contributed by atoms with van der Waals surface area (Å²) < 4.78 is 0. The highest BCUT2D eigenvalue weighted by Crippen LogP contribution is 2.34. The van der Waals surface area contributed by atoms with Crippen LogP contribution >= 0.6 is 11.8 Å². The zero-order valence-corrected chi connectivity index (χ0v) is 5.85. The van der Waals surface area contributed by atoms with Crippen LogP contribution in [0.15, 0.2) is 0 Å². The van der Waals surface area contributed by atoms with Gasteiger partial charge < -0.3 is 0 Å². The number of rotatable bonds is 0. The molecule has 0 aromatic rings. The molecular weight excluding hydrogens is 104 g/mol. The second kappa shape index (κ2) is 1.70. The van der Waals surface area contributed by atoms with Gasteiger partial charge in [-0.15, -0.1) is 0 Å². The van der Waals surface area contributed by atoms with Crippen molar-refractivity contribution in [3.63, 3.8) is 0 Å². The molecule has 0 aliphatic carbocycles. The van der Waals surface area contributed by atoms with Crippen LogP contribution in [0.3, 0.4) is 0 Å². The summed E-state index contributed by atoms with van der Waals surface area (Å²) in [5.41, 5.74) is 0.657. The summed E-state index contributed by atoms with van der Waals surface area (Å²) in [5.74, 6) is 2.75. The Morgan fingerprint density at radius 2 is 2.14 bits per heavy atom. The fraction of sp³-hybridized carbons (Fsp3) is 1.00. The summed E-state index contributed by atoms with van der Waals surface area (Å²) in [6.45, 7) is 4.68. The molecule has 0 radical (unpaired) electrons. The molecule has 0 aromatic heterocycles. The Morgan fingerprint density at radius 3 is 2.29 bits per heavy atom. The van der Waals surface area contributed by atoms with E-state index >= 15 is 0 Å². The van der Waals surface area contributed by atoms with Gasteiger partial charge in [-0.25, -0.2) is 0 Å². The van der Waals surface area contributed by atoms with Crippen molar-refractivity contribution in [3.8, 4) is 0 Å². The van der Waals surface area contributed by atoms with Crippen LogP contribution < -0.4 is 0 Å². The molecule has 1 saturated heterocycles. The van der Waals surface area contributed by atoms with Crippen LogP contribution in [0.1, 0.15) is 20.3 Å². The van der Waals surface area contributed by atoms with E-state index in [9.17, 15) is 0 Å². The standard InChI is InChI=1S/C6H12S/c1-6(2)3-4-7-5-6/h3-5H2,1-2H3. The Morgan fingerprint density at radius 1 is 1.43 bits per heavy atom. The smallest absolute Gasteiger partial charge is 0.00158 e. The van der Waals surface area contributed by atoms with Gasteiger partial charge in [0.25, 0.3) is 0 Å². The van der Waals surface area contributed by atoms with E-state index < -0.39 is 0 Å². The summed E-state index contributed by atoms with van der Waals surface area (Å²) >= 11 is 2.08. The summed E-state index contributed by atoms with van der Waals surface area (Å²) in [7, 11) is 0. The molecule has 0 spiro atoms. The van der Waals surface area contributed by atoms with Crippen LogP contribution in [0, 0.1) is 5.41 Å². The predicted octanol–water partition coefficient (Wildman–Crippen LogP) is 2.15. The molecule has 7 heavy (non-hydrogen) atoms. The monoisotopic (exact) mass is 116 g/mol. The molecule has 0 amide bonds. The molecule has 0 bridgehead atoms. The predicted molar refractivity (Wildman–Crippen MR) is 35.7 cm³/mol. The van der Waals surface area contributed by atoms with Crippen molar-refractivity contribution in [1.29, 1.82) is 0 Å². The largest absolute Gasteiger partial charge is 0.161 e. The normalized spacial score (nSPS) is 28.3. The van der Waals surface area contributed by atoms with Gasteiger partial charge in [-0.3, -0.25) is 0 Å². The van der Waals surface area contributed by atoms with Crippen LogP contribution in [0.4, 0.5) is 0 Å². The third-order valence-electron chi connectivity index (χ3n) is 1.42. The van der Waals surface area contributed by atoms with Gasteiger partial charge in [0.05, 0.1) is 0 Å². The van der Waals surface area contributed by atoms with Gasteiger partial charge in [0.2, 0.25) is 0 Å². The second-order valence-corrected chi connectivity index (χ2v) is 4.07. The van der Waals surface area contributed by atoms with Crippen molar-refractivity contribution in [2.45, 2.75) is 20.3 Å². The number of hydrogen-bond acceptors (Lipinski definition) is 1. The van der Waals surface area contributed by atoms with E-state index in [1.54, 1.807) is 0 Å². The van der Waals surface area contributed by atoms with Gasteiger partial charge in [0, 0.05) is 0 Å². The van der Waals surface area contributed by atoms with E-state index in [1.165, 1.54) is 17.9 Å². The minimum Gasteiger partial charge on any atom is -0.161 e. The lowest BCUT2D eigenvalue weighted by atomic mass is 9.94. The second-order valence-electron chi connectivity index (χ2n) is 2.97. The summed E-state index contributed by atoms with van der Waals surface area (Å²) in [6, 6.07) is 0. The molecule has 1 fully saturated rings. The average Bonchev–Trinajstić information content (AvgIpc) is 1.84. The third-order valence-corrected chi connectivity index (χ3v) is 2.89. The fourth-order valence-corrected chi connectivity index (χ4v) is 2.31. The Hall–Kier alpha value is 0.350. The molecule has 0 N–H and O–H groups in total. The highest BCUT2D eigenvalue weighted by molar-refractivity contribution is 7.99. The van der Waals surface area contributed by atoms with Crippen molar-refractivity contribution in [1.82, 2.24) is 0 Å². The summed E-state index contributed by atoms with van der Waals surface area (Å²) in [6.07, 6.45) is 1.41. The van der Waals surface area contributed by atoms with Crippen LogP contribution in [-0.2, 0) is 0 Å². The van der Waals surface area contributed by atoms with E-state index in [2.05, 4.69) is 25.6 Å².